The van der Waals surface area contributed by atoms with Crippen LogP contribution in [0.25, 0.3) is 0 Å². The molecule has 0 bridgehead atoms. The van der Waals surface area contributed by atoms with E-state index in [1.54, 1.807) is 0 Å². The third kappa shape index (κ3) is 5.67. The highest BCUT2D eigenvalue weighted by atomic mass is 14.2. The summed E-state index contributed by atoms with van der Waals surface area (Å²) in [4.78, 5) is 0. The highest BCUT2D eigenvalue weighted by Crippen LogP contribution is 2.28. The Morgan fingerprint density at radius 1 is 0.857 bits per heavy atom. The molecule has 1 radical (unpaired) electrons. The molecule has 3 unspecified atom stereocenters. The number of hydrogen-bond donors (Lipinski definition) is 0. The lowest BCUT2D eigenvalue weighted by atomic mass is 9.80. The smallest absolute Gasteiger partial charge is 0.0383 e. The SMILES string of the molecule is [CH2]C(C)C(CC(C)CC)CC(C)CC. The molecule has 85 valence electrons. The lowest BCUT2D eigenvalue weighted by Gasteiger charge is -2.26. The average Bonchev–Trinajstić information content (AvgIpc) is 2.16. The molecule has 0 nitrogen and oxygen atoms in total. The molecule has 0 aromatic rings. The Bertz CT molecular complexity index is 114. The molecule has 0 N–H and O–H groups in total. The van der Waals surface area contributed by atoms with Gasteiger partial charge in [0, 0.05) is 0 Å². The van der Waals surface area contributed by atoms with Gasteiger partial charge in [0.05, 0.1) is 0 Å². The Morgan fingerprint density at radius 2 is 1.21 bits per heavy atom. The first kappa shape index (κ1) is 14.0. The third-order valence-corrected chi connectivity index (χ3v) is 3.61. The van der Waals surface area contributed by atoms with E-state index in [2.05, 4.69) is 41.5 Å². The van der Waals surface area contributed by atoms with Crippen LogP contribution in [-0.2, 0) is 0 Å². The molecule has 0 rings (SSSR count). The van der Waals surface area contributed by atoms with Gasteiger partial charge in [-0.05, 0) is 36.5 Å². The van der Waals surface area contributed by atoms with Crippen molar-refractivity contribution >= 4 is 0 Å². The van der Waals surface area contributed by atoms with E-state index in [0.717, 1.165) is 17.8 Å². The highest BCUT2D eigenvalue weighted by Gasteiger charge is 2.18. The van der Waals surface area contributed by atoms with Crippen molar-refractivity contribution in [3.63, 3.8) is 0 Å². The molecule has 0 saturated heterocycles. The van der Waals surface area contributed by atoms with Gasteiger partial charge in [-0.1, -0.05) is 54.4 Å². The summed E-state index contributed by atoms with van der Waals surface area (Å²) in [5.41, 5.74) is 0. The molecule has 0 amide bonds. The van der Waals surface area contributed by atoms with Crippen LogP contribution < -0.4 is 0 Å². The summed E-state index contributed by atoms with van der Waals surface area (Å²) in [5, 5.41) is 0. The summed E-state index contributed by atoms with van der Waals surface area (Å²) >= 11 is 0. The molecule has 0 heterocycles. The second-order valence-corrected chi connectivity index (χ2v) is 5.24. The zero-order valence-electron chi connectivity index (χ0n) is 10.8. The van der Waals surface area contributed by atoms with Gasteiger partial charge in [0.1, 0.15) is 0 Å². The fourth-order valence-corrected chi connectivity index (χ4v) is 1.93. The molecule has 0 spiro atoms. The van der Waals surface area contributed by atoms with E-state index < -0.39 is 0 Å². The Labute approximate surface area is 91.5 Å². The van der Waals surface area contributed by atoms with Crippen molar-refractivity contribution in [2.75, 3.05) is 0 Å². The van der Waals surface area contributed by atoms with Gasteiger partial charge in [0.25, 0.3) is 0 Å². The Kier molecular flexibility index (Phi) is 7.31. The van der Waals surface area contributed by atoms with Crippen LogP contribution in [0.1, 0.15) is 60.3 Å². The lowest BCUT2D eigenvalue weighted by molar-refractivity contribution is 0.265. The zero-order valence-corrected chi connectivity index (χ0v) is 10.8. The number of hydrogen-bond acceptors (Lipinski definition) is 0. The summed E-state index contributed by atoms with van der Waals surface area (Å²) in [5.74, 6) is 3.18. The van der Waals surface area contributed by atoms with Gasteiger partial charge in [0.15, 0.2) is 0 Å². The average molecular weight is 197 g/mol. The van der Waals surface area contributed by atoms with Crippen molar-refractivity contribution in [3.8, 4) is 0 Å². The Balaban J connectivity index is 4.02. The van der Waals surface area contributed by atoms with E-state index in [1.165, 1.54) is 25.7 Å². The molecule has 0 aliphatic rings. The summed E-state index contributed by atoms with van der Waals surface area (Å²) in [7, 11) is 0. The molecule has 3 atom stereocenters. The Morgan fingerprint density at radius 3 is 1.43 bits per heavy atom. The highest BCUT2D eigenvalue weighted by molar-refractivity contribution is 4.72. The van der Waals surface area contributed by atoms with E-state index in [-0.39, 0.29) is 0 Å². The van der Waals surface area contributed by atoms with Gasteiger partial charge >= 0.3 is 0 Å². The van der Waals surface area contributed by atoms with Crippen molar-refractivity contribution in [2.45, 2.75) is 60.3 Å². The summed E-state index contributed by atoms with van der Waals surface area (Å²) in [6, 6.07) is 0. The number of rotatable bonds is 7. The molecule has 0 aromatic heterocycles. The Hall–Kier alpha value is 0. The second kappa shape index (κ2) is 7.31. The fraction of sp³-hybridized carbons (Fsp3) is 0.929. The van der Waals surface area contributed by atoms with Crippen molar-refractivity contribution in [1.29, 1.82) is 0 Å². The van der Waals surface area contributed by atoms with Gasteiger partial charge < -0.3 is 0 Å². The lowest BCUT2D eigenvalue weighted by Crippen LogP contribution is -2.16. The molecule has 0 fully saturated rings. The van der Waals surface area contributed by atoms with Crippen molar-refractivity contribution in [1.82, 2.24) is 0 Å². The van der Waals surface area contributed by atoms with Gasteiger partial charge in [-0.15, -0.1) is 0 Å². The molecule has 0 heteroatoms. The molecular weight excluding hydrogens is 168 g/mol. The summed E-state index contributed by atoms with van der Waals surface area (Å²) < 4.78 is 0. The standard InChI is InChI=1S/C14H29/c1-7-12(5)9-14(11(3)4)10-13(6)8-2/h11-14H,3,7-10H2,1-2,4-6H3. The van der Waals surface area contributed by atoms with Gasteiger partial charge in [0.2, 0.25) is 0 Å². The molecule has 0 saturated carbocycles. The van der Waals surface area contributed by atoms with E-state index in [0.29, 0.717) is 5.92 Å². The molecule has 14 heavy (non-hydrogen) atoms. The van der Waals surface area contributed by atoms with Crippen LogP contribution in [0, 0.1) is 30.6 Å². The maximum absolute atomic E-state index is 4.21. The minimum absolute atomic E-state index is 0.609. The first-order valence-electron chi connectivity index (χ1n) is 6.34. The molecule has 0 aliphatic heterocycles. The van der Waals surface area contributed by atoms with E-state index in [9.17, 15) is 0 Å². The minimum Gasteiger partial charge on any atom is -0.0651 e. The van der Waals surface area contributed by atoms with Crippen molar-refractivity contribution in [3.05, 3.63) is 6.92 Å². The fourth-order valence-electron chi connectivity index (χ4n) is 1.93. The maximum Gasteiger partial charge on any atom is -0.0383 e. The van der Waals surface area contributed by atoms with Crippen LogP contribution in [0.2, 0.25) is 0 Å². The van der Waals surface area contributed by atoms with Crippen LogP contribution in [0.3, 0.4) is 0 Å². The minimum atomic E-state index is 0.609. The van der Waals surface area contributed by atoms with Crippen molar-refractivity contribution in [2.24, 2.45) is 23.7 Å². The quantitative estimate of drug-likeness (QED) is 0.542. The van der Waals surface area contributed by atoms with Crippen molar-refractivity contribution < 1.29 is 0 Å². The van der Waals surface area contributed by atoms with Crippen LogP contribution in [-0.4, -0.2) is 0 Å². The third-order valence-electron chi connectivity index (χ3n) is 3.61. The van der Waals surface area contributed by atoms with E-state index in [4.69, 9.17) is 0 Å². The molecule has 0 aliphatic carbocycles. The van der Waals surface area contributed by atoms with Gasteiger partial charge in [-0.25, -0.2) is 0 Å². The van der Waals surface area contributed by atoms with Crippen LogP contribution in [0.4, 0.5) is 0 Å². The second-order valence-electron chi connectivity index (χ2n) is 5.24. The van der Waals surface area contributed by atoms with E-state index in [1.807, 2.05) is 0 Å². The topological polar surface area (TPSA) is 0 Å². The van der Waals surface area contributed by atoms with Gasteiger partial charge in [-0.3, -0.25) is 0 Å². The summed E-state index contributed by atoms with van der Waals surface area (Å²) in [6.45, 7) is 15.8. The predicted molar refractivity (Wildman–Crippen MR) is 66.2 cm³/mol. The van der Waals surface area contributed by atoms with Gasteiger partial charge in [-0.2, -0.15) is 0 Å². The maximum atomic E-state index is 4.21. The first-order chi connectivity index (χ1) is 6.51. The molecular formula is C14H29. The largest absolute Gasteiger partial charge is 0.0651 e. The molecule has 0 aromatic carbocycles. The normalized spacial score (nSPS) is 18.2. The zero-order chi connectivity index (χ0) is 11.1. The van der Waals surface area contributed by atoms with Crippen LogP contribution >= 0.6 is 0 Å². The van der Waals surface area contributed by atoms with E-state index >= 15 is 0 Å². The van der Waals surface area contributed by atoms with Crippen LogP contribution in [0.15, 0.2) is 0 Å². The monoisotopic (exact) mass is 197 g/mol. The predicted octanol–water partition coefficient (Wildman–Crippen LogP) is 4.95. The first-order valence-corrected chi connectivity index (χ1v) is 6.34. The summed E-state index contributed by atoms with van der Waals surface area (Å²) in [6.07, 6.45) is 5.35. The van der Waals surface area contributed by atoms with Crippen LogP contribution in [0.5, 0.6) is 0 Å².